The summed E-state index contributed by atoms with van der Waals surface area (Å²) in [6, 6.07) is 3.25. The number of carbonyl (C=O) groups is 3. The highest BCUT2D eigenvalue weighted by Gasteiger charge is 2.50. The number of phenols is 2. The number of carbonyl (C=O) groups excluding carboxylic acids is 3. The molecule has 0 bridgehead atoms. The SMILES string of the molecule is COc1cccc2c1C(=O)c1c(O)c3c(c(O)c1C2=O)C[C@@](O)(C(C)=O)C[C@@H]3O[C@H]1C[C@H](N)[C@H](O[C@H]2C[C@H](N)[C@H](O)[C@H](C)O2)[C@H](C)O1. The molecule has 0 spiro atoms. The van der Waals surface area contributed by atoms with Gasteiger partial charge in [0.1, 0.15) is 29.0 Å². The van der Waals surface area contributed by atoms with Gasteiger partial charge in [0.15, 0.2) is 24.1 Å². The third-order valence-electron chi connectivity index (χ3n) is 9.82. The number of ether oxygens (including phenoxy) is 5. The Labute approximate surface area is 270 Å². The number of ketones is 3. The van der Waals surface area contributed by atoms with Gasteiger partial charge in [-0.15, -0.1) is 0 Å². The van der Waals surface area contributed by atoms with Gasteiger partial charge in [0.25, 0.3) is 0 Å². The number of methoxy groups -OCH3 is 1. The van der Waals surface area contributed by atoms with Crippen LogP contribution >= 0.6 is 0 Å². The average molecular weight is 657 g/mol. The Kier molecular flexibility index (Phi) is 8.68. The summed E-state index contributed by atoms with van der Waals surface area (Å²) in [6.45, 7) is 4.60. The van der Waals surface area contributed by atoms with Gasteiger partial charge in [0.2, 0.25) is 5.78 Å². The Hall–Kier alpha value is -3.47. The van der Waals surface area contributed by atoms with Crippen molar-refractivity contribution >= 4 is 17.3 Å². The van der Waals surface area contributed by atoms with Crippen LogP contribution in [0.2, 0.25) is 0 Å². The smallest absolute Gasteiger partial charge is 0.202 e. The molecule has 2 saturated heterocycles. The van der Waals surface area contributed by atoms with Crippen molar-refractivity contribution in [3.63, 3.8) is 0 Å². The second-order valence-corrected chi connectivity index (χ2v) is 12.9. The number of aliphatic hydroxyl groups excluding tert-OH is 1. The Bertz CT molecular complexity index is 1610. The van der Waals surface area contributed by atoms with E-state index in [1.807, 2.05) is 0 Å². The molecule has 2 aliphatic heterocycles. The van der Waals surface area contributed by atoms with E-state index in [4.69, 9.17) is 35.2 Å². The van der Waals surface area contributed by atoms with Crippen molar-refractivity contribution < 1.29 is 58.5 Å². The predicted octanol–water partition coefficient (Wildman–Crippen LogP) is 0.876. The minimum Gasteiger partial charge on any atom is -0.507 e. The van der Waals surface area contributed by atoms with Crippen LogP contribution in [0.5, 0.6) is 17.2 Å². The summed E-state index contributed by atoms with van der Waals surface area (Å²) in [5, 5.41) is 44.7. The van der Waals surface area contributed by atoms with E-state index < -0.39 is 107 Å². The average Bonchev–Trinajstić information content (AvgIpc) is 3.01. The van der Waals surface area contributed by atoms with Gasteiger partial charge in [-0.05, 0) is 26.8 Å². The molecule has 6 rings (SSSR count). The van der Waals surface area contributed by atoms with Crippen LogP contribution in [0, 0.1) is 0 Å². The number of hydrogen-bond donors (Lipinski definition) is 6. The fraction of sp³-hybridized carbons (Fsp3) is 0.545. The first-order valence-electron chi connectivity index (χ1n) is 15.6. The molecule has 2 heterocycles. The number of aliphatic hydroxyl groups is 2. The molecule has 2 aromatic carbocycles. The van der Waals surface area contributed by atoms with E-state index >= 15 is 0 Å². The highest BCUT2D eigenvalue weighted by molar-refractivity contribution is 6.31. The van der Waals surface area contributed by atoms with Gasteiger partial charge < -0.3 is 55.6 Å². The zero-order valence-corrected chi connectivity index (χ0v) is 26.5. The standard InChI is InChI=1S/C33H40N2O12/c1-12-27(37)17(34)8-22(44-12)47-32-13(2)45-21(9-18(32)35)46-20-11-33(42,14(3)36)10-16-24(20)31(41)26-25(29(16)39)28(38)15-6-5-7-19(43-4)23(15)30(26)40/h5-7,12-13,17-18,20-22,27,32,37,39,41-42H,8-11,34-35H2,1-4H3/t12-,13-,17-,18-,20-,21-,22-,27+,32+,33-/m0/s1. The molecule has 14 heteroatoms. The Balaban J connectivity index is 1.33. The van der Waals surface area contributed by atoms with E-state index in [0.717, 1.165) is 0 Å². The van der Waals surface area contributed by atoms with Crippen molar-refractivity contribution in [2.75, 3.05) is 7.11 Å². The zero-order chi connectivity index (χ0) is 34.1. The number of benzene rings is 2. The van der Waals surface area contributed by atoms with Gasteiger partial charge in [-0.1, -0.05) is 12.1 Å². The van der Waals surface area contributed by atoms with Gasteiger partial charge in [-0.3, -0.25) is 14.4 Å². The first-order valence-corrected chi connectivity index (χ1v) is 15.6. The summed E-state index contributed by atoms with van der Waals surface area (Å²) in [5.41, 5.74) is 9.42. The van der Waals surface area contributed by atoms with E-state index in [9.17, 15) is 34.8 Å². The molecule has 0 unspecified atom stereocenters. The fourth-order valence-electron chi connectivity index (χ4n) is 7.21. The van der Waals surface area contributed by atoms with Crippen molar-refractivity contribution in [1.29, 1.82) is 0 Å². The highest BCUT2D eigenvalue weighted by atomic mass is 16.7. The first-order chi connectivity index (χ1) is 22.2. The van der Waals surface area contributed by atoms with E-state index in [-0.39, 0.29) is 47.3 Å². The third kappa shape index (κ3) is 5.52. The molecule has 47 heavy (non-hydrogen) atoms. The lowest BCUT2D eigenvalue weighted by Crippen LogP contribution is -2.57. The number of hydrogen-bond acceptors (Lipinski definition) is 14. The molecule has 10 atom stereocenters. The van der Waals surface area contributed by atoms with E-state index in [1.54, 1.807) is 13.8 Å². The maximum absolute atomic E-state index is 13.8. The maximum atomic E-state index is 13.8. The first kappa shape index (κ1) is 33.4. The monoisotopic (exact) mass is 656 g/mol. The summed E-state index contributed by atoms with van der Waals surface area (Å²) >= 11 is 0. The van der Waals surface area contributed by atoms with E-state index in [2.05, 4.69) is 0 Å². The molecular weight excluding hydrogens is 616 g/mol. The van der Waals surface area contributed by atoms with Gasteiger partial charge in [-0.2, -0.15) is 0 Å². The van der Waals surface area contributed by atoms with Gasteiger partial charge in [-0.25, -0.2) is 0 Å². The molecular formula is C33H40N2O12. The predicted molar refractivity (Wildman–Crippen MR) is 162 cm³/mol. The molecule has 0 radical (unpaired) electrons. The van der Waals surface area contributed by atoms with E-state index in [0.29, 0.717) is 0 Å². The lowest BCUT2D eigenvalue weighted by atomic mass is 9.72. The summed E-state index contributed by atoms with van der Waals surface area (Å²) in [7, 11) is 1.34. The lowest BCUT2D eigenvalue weighted by molar-refractivity contribution is -0.294. The van der Waals surface area contributed by atoms with Crippen LogP contribution in [0.15, 0.2) is 18.2 Å². The summed E-state index contributed by atoms with van der Waals surface area (Å²) in [4.78, 5) is 40.2. The number of fused-ring (bicyclic) bond motifs is 3. The molecule has 2 aliphatic carbocycles. The zero-order valence-electron chi connectivity index (χ0n) is 26.5. The van der Waals surface area contributed by atoms with Crippen LogP contribution in [-0.2, 0) is 30.2 Å². The van der Waals surface area contributed by atoms with Crippen LogP contribution in [0.1, 0.15) is 89.1 Å². The number of phenolic OH excluding ortho intramolecular Hbond substituents is 2. The Morgan fingerprint density at radius 3 is 2.21 bits per heavy atom. The summed E-state index contributed by atoms with van der Waals surface area (Å²) < 4.78 is 29.6. The molecule has 14 nitrogen and oxygen atoms in total. The molecule has 2 aromatic rings. The molecule has 8 N–H and O–H groups in total. The largest absolute Gasteiger partial charge is 0.507 e. The van der Waals surface area contributed by atoms with Crippen LogP contribution in [0.25, 0.3) is 0 Å². The molecule has 254 valence electrons. The van der Waals surface area contributed by atoms with Crippen LogP contribution in [-0.4, -0.2) is 99.6 Å². The number of aromatic hydroxyl groups is 2. The Morgan fingerprint density at radius 1 is 0.936 bits per heavy atom. The quantitative estimate of drug-likeness (QED) is 0.202. The highest BCUT2D eigenvalue weighted by Crippen LogP contribution is 2.52. The normalized spacial score (nSPS) is 35.1. The van der Waals surface area contributed by atoms with Crippen molar-refractivity contribution in [1.82, 2.24) is 0 Å². The van der Waals surface area contributed by atoms with Crippen molar-refractivity contribution in [3.05, 3.63) is 51.6 Å². The minimum absolute atomic E-state index is 0.0245. The van der Waals surface area contributed by atoms with Crippen LogP contribution in [0.3, 0.4) is 0 Å². The minimum atomic E-state index is -2.04. The second kappa shape index (κ2) is 12.2. The van der Waals surface area contributed by atoms with Crippen LogP contribution in [0.4, 0.5) is 0 Å². The van der Waals surface area contributed by atoms with Gasteiger partial charge >= 0.3 is 0 Å². The fourth-order valence-corrected chi connectivity index (χ4v) is 7.21. The third-order valence-corrected chi connectivity index (χ3v) is 9.82. The molecule has 0 aromatic heterocycles. The maximum Gasteiger partial charge on any atom is 0.202 e. The number of nitrogens with two attached hydrogens (primary N) is 2. The van der Waals surface area contributed by atoms with Gasteiger partial charge in [0, 0.05) is 54.5 Å². The number of Topliss-reactive ketones (excluding diaryl/α,β-unsaturated/α-hetero) is 1. The van der Waals surface area contributed by atoms with Crippen molar-refractivity contribution in [3.8, 4) is 17.2 Å². The molecule has 2 fully saturated rings. The summed E-state index contributed by atoms with van der Waals surface area (Å²) in [6.07, 6.45) is -6.16. The Morgan fingerprint density at radius 2 is 1.57 bits per heavy atom. The molecule has 0 saturated carbocycles. The van der Waals surface area contributed by atoms with Crippen LogP contribution < -0.4 is 16.2 Å². The number of rotatable bonds is 6. The lowest BCUT2D eigenvalue weighted by Gasteiger charge is -2.44. The van der Waals surface area contributed by atoms with Crippen molar-refractivity contribution in [2.24, 2.45) is 11.5 Å². The second-order valence-electron chi connectivity index (χ2n) is 12.9. The molecule has 0 amide bonds. The topological polar surface area (TPSA) is 230 Å². The van der Waals surface area contributed by atoms with E-state index in [1.165, 1.54) is 32.2 Å². The van der Waals surface area contributed by atoms with Crippen molar-refractivity contribution in [2.45, 2.75) is 107 Å². The summed E-state index contributed by atoms with van der Waals surface area (Å²) in [5.74, 6) is -3.24. The van der Waals surface area contributed by atoms with Gasteiger partial charge in [0.05, 0.1) is 48.2 Å². The molecule has 4 aliphatic rings.